The molecule has 1 saturated heterocycles. The Kier molecular flexibility index (Phi) is 6.01. The van der Waals surface area contributed by atoms with Gasteiger partial charge in [0.15, 0.2) is 0 Å². The Balaban J connectivity index is 2.49. The third-order valence-electron chi connectivity index (χ3n) is 3.24. The maximum atomic E-state index is 11.9. The Hall–Kier alpha value is -1.30. The lowest BCUT2D eigenvalue weighted by Gasteiger charge is -2.48. The second kappa shape index (κ2) is 7.11. The van der Waals surface area contributed by atoms with Crippen LogP contribution < -0.4 is 0 Å². The number of hydrogen-bond donors (Lipinski definition) is 1. The van der Waals surface area contributed by atoms with Gasteiger partial charge < -0.3 is 19.5 Å². The SMILES string of the molecule is CCCCCOC1(CC(=O)O)CN(C(=O)OC(C)(C)C)C1. The summed E-state index contributed by atoms with van der Waals surface area (Å²) in [5.41, 5.74) is -1.30. The fourth-order valence-corrected chi connectivity index (χ4v) is 2.28. The average Bonchev–Trinajstić information content (AvgIpc) is 2.27. The van der Waals surface area contributed by atoms with Crippen LogP contribution in [0.3, 0.4) is 0 Å². The maximum Gasteiger partial charge on any atom is 0.410 e. The molecule has 1 aliphatic rings. The topological polar surface area (TPSA) is 76.1 Å². The number of carbonyl (C=O) groups is 2. The highest BCUT2D eigenvalue weighted by molar-refractivity contribution is 5.72. The Morgan fingerprint density at radius 3 is 2.33 bits per heavy atom. The van der Waals surface area contributed by atoms with Crippen molar-refractivity contribution < 1.29 is 24.2 Å². The van der Waals surface area contributed by atoms with Gasteiger partial charge in [-0.1, -0.05) is 19.8 Å². The molecule has 1 amide bonds. The first-order valence-corrected chi connectivity index (χ1v) is 7.51. The highest BCUT2D eigenvalue weighted by atomic mass is 16.6. The molecule has 0 unspecified atom stereocenters. The van der Waals surface area contributed by atoms with Crippen molar-refractivity contribution in [2.24, 2.45) is 0 Å². The van der Waals surface area contributed by atoms with Crippen LogP contribution in [0.15, 0.2) is 0 Å². The zero-order valence-electron chi connectivity index (χ0n) is 13.5. The third kappa shape index (κ3) is 5.91. The molecule has 0 atom stereocenters. The summed E-state index contributed by atoms with van der Waals surface area (Å²) in [4.78, 5) is 24.4. The second-order valence-corrected chi connectivity index (χ2v) is 6.65. The normalized spacial score (nSPS) is 17.2. The molecular weight excluding hydrogens is 274 g/mol. The van der Waals surface area contributed by atoms with Gasteiger partial charge in [0, 0.05) is 6.61 Å². The average molecular weight is 301 g/mol. The molecule has 0 aromatic heterocycles. The highest BCUT2D eigenvalue weighted by Gasteiger charge is 2.49. The molecule has 0 saturated carbocycles. The first-order valence-electron chi connectivity index (χ1n) is 7.51. The number of rotatable bonds is 7. The summed E-state index contributed by atoms with van der Waals surface area (Å²) in [6, 6.07) is 0. The molecule has 6 heteroatoms. The fraction of sp³-hybridized carbons (Fsp3) is 0.867. The van der Waals surface area contributed by atoms with Gasteiger partial charge in [-0.2, -0.15) is 0 Å². The number of carbonyl (C=O) groups excluding carboxylic acids is 1. The number of carboxylic acids is 1. The predicted octanol–water partition coefficient (Wildman–Crippen LogP) is 2.66. The van der Waals surface area contributed by atoms with Gasteiger partial charge >= 0.3 is 12.1 Å². The molecule has 1 N–H and O–H groups in total. The molecule has 6 nitrogen and oxygen atoms in total. The molecule has 0 radical (unpaired) electrons. The maximum absolute atomic E-state index is 11.9. The van der Waals surface area contributed by atoms with E-state index in [1.807, 2.05) is 0 Å². The minimum absolute atomic E-state index is 0.0849. The van der Waals surface area contributed by atoms with Gasteiger partial charge in [-0.25, -0.2) is 4.79 Å². The largest absolute Gasteiger partial charge is 0.481 e. The molecule has 1 heterocycles. The fourth-order valence-electron chi connectivity index (χ4n) is 2.28. The van der Waals surface area contributed by atoms with Gasteiger partial charge in [0.2, 0.25) is 0 Å². The number of aliphatic carboxylic acids is 1. The Bertz CT molecular complexity index is 369. The standard InChI is InChI=1S/C15H27NO5/c1-5-6-7-8-20-15(9-12(17)18)10-16(11-15)13(19)21-14(2,3)4/h5-11H2,1-4H3,(H,17,18). The summed E-state index contributed by atoms with van der Waals surface area (Å²) in [5.74, 6) is -0.908. The van der Waals surface area contributed by atoms with E-state index < -0.39 is 23.3 Å². The first-order chi connectivity index (χ1) is 9.67. The van der Waals surface area contributed by atoms with Gasteiger partial charge in [-0.3, -0.25) is 4.79 Å². The summed E-state index contributed by atoms with van der Waals surface area (Å²) >= 11 is 0. The monoisotopic (exact) mass is 301 g/mol. The van der Waals surface area contributed by atoms with Gasteiger partial charge in [0.25, 0.3) is 0 Å². The van der Waals surface area contributed by atoms with Crippen molar-refractivity contribution in [3.8, 4) is 0 Å². The van der Waals surface area contributed by atoms with Crippen LogP contribution in [0.5, 0.6) is 0 Å². The van der Waals surface area contributed by atoms with Crippen LogP contribution in [0, 0.1) is 0 Å². The van der Waals surface area contributed by atoms with Crippen LogP contribution in [0.2, 0.25) is 0 Å². The minimum atomic E-state index is -0.908. The van der Waals surface area contributed by atoms with Crippen LogP contribution in [0.25, 0.3) is 0 Å². The third-order valence-corrected chi connectivity index (χ3v) is 3.24. The molecule has 0 spiro atoms. The smallest absolute Gasteiger partial charge is 0.410 e. The molecule has 1 aliphatic heterocycles. The van der Waals surface area contributed by atoms with E-state index in [-0.39, 0.29) is 19.5 Å². The van der Waals surface area contributed by atoms with E-state index in [4.69, 9.17) is 14.6 Å². The van der Waals surface area contributed by atoms with Crippen molar-refractivity contribution in [1.29, 1.82) is 0 Å². The molecule has 0 bridgehead atoms. The van der Waals surface area contributed by atoms with Crippen LogP contribution >= 0.6 is 0 Å². The summed E-state index contributed by atoms with van der Waals surface area (Å²) in [7, 11) is 0. The zero-order chi connectivity index (χ0) is 16.1. The Labute approximate surface area is 126 Å². The van der Waals surface area contributed by atoms with Crippen molar-refractivity contribution in [3.05, 3.63) is 0 Å². The number of unbranched alkanes of at least 4 members (excludes halogenated alkanes) is 2. The van der Waals surface area contributed by atoms with Crippen molar-refractivity contribution in [1.82, 2.24) is 4.90 Å². The molecule has 122 valence electrons. The lowest BCUT2D eigenvalue weighted by molar-refractivity contribution is -0.166. The van der Waals surface area contributed by atoms with E-state index in [1.54, 1.807) is 20.8 Å². The summed E-state index contributed by atoms with van der Waals surface area (Å²) < 4.78 is 11.0. The molecule has 21 heavy (non-hydrogen) atoms. The summed E-state index contributed by atoms with van der Waals surface area (Å²) in [5, 5.41) is 9.01. The van der Waals surface area contributed by atoms with Crippen LogP contribution in [0.1, 0.15) is 53.4 Å². The van der Waals surface area contributed by atoms with Crippen molar-refractivity contribution in [3.63, 3.8) is 0 Å². The number of ether oxygens (including phenoxy) is 2. The van der Waals surface area contributed by atoms with Gasteiger partial charge in [0.1, 0.15) is 11.2 Å². The van der Waals surface area contributed by atoms with Crippen LogP contribution in [0.4, 0.5) is 4.79 Å². The minimum Gasteiger partial charge on any atom is -0.481 e. The molecule has 0 aliphatic carbocycles. The van der Waals surface area contributed by atoms with E-state index >= 15 is 0 Å². The molecule has 1 rings (SSSR count). The van der Waals surface area contributed by atoms with Crippen molar-refractivity contribution in [2.45, 2.75) is 64.6 Å². The van der Waals surface area contributed by atoms with Crippen LogP contribution in [-0.2, 0) is 14.3 Å². The molecule has 1 fully saturated rings. The summed E-state index contributed by atoms with van der Waals surface area (Å²) in [6.07, 6.45) is 2.54. The Morgan fingerprint density at radius 1 is 1.24 bits per heavy atom. The number of nitrogens with zero attached hydrogens (tertiary/aromatic N) is 1. The lowest BCUT2D eigenvalue weighted by atomic mass is 9.90. The van der Waals surface area contributed by atoms with E-state index in [0.717, 1.165) is 19.3 Å². The number of carboxylic acid groups (broad SMARTS) is 1. The Morgan fingerprint density at radius 2 is 1.86 bits per heavy atom. The number of amides is 1. The number of likely N-dealkylation sites (tertiary alicyclic amines) is 1. The summed E-state index contributed by atoms with van der Waals surface area (Å²) in [6.45, 7) is 8.59. The molecular formula is C15H27NO5. The quantitative estimate of drug-likeness (QED) is 0.732. The second-order valence-electron chi connectivity index (χ2n) is 6.65. The van der Waals surface area contributed by atoms with E-state index in [0.29, 0.717) is 6.61 Å². The van der Waals surface area contributed by atoms with E-state index in [9.17, 15) is 9.59 Å². The lowest BCUT2D eigenvalue weighted by Crippen LogP contribution is -2.66. The van der Waals surface area contributed by atoms with Crippen LogP contribution in [-0.4, -0.2) is 53.0 Å². The van der Waals surface area contributed by atoms with Gasteiger partial charge in [0.05, 0.1) is 19.5 Å². The van der Waals surface area contributed by atoms with E-state index in [1.165, 1.54) is 4.90 Å². The molecule has 0 aromatic carbocycles. The predicted molar refractivity (Wildman–Crippen MR) is 78.3 cm³/mol. The van der Waals surface area contributed by atoms with Gasteiger partial charge in [-0.05, 0) is 27.2 Å². The highest BCUT2D eigenvalue weighted by Crippen LogP contribution is 2.30. The molecule has 0 aromatic rings. The zero-order valence-corrected chi connectivity index (χ0v) is 13.5. The first kappa shape index (κ1) is 17.8. The van der Waals surface area contributed by atoms with Crippen molar-refractivity contribution in [2.75, 3.05) is 19.7 Å². The number of hydrogen-bond acceptors (Lipinski definition) is 4. The van der Waals surface area contributed by atoms with Gasteiger partial charge in [-0.15, -0.1) is 0 Å². The van der Waals surface area contributed by atoms with Crippen molar-refractivity contribution >= 4 is 12.1 Å². The van der Waals surface area contributed by atoms with E-state index in [2.05, 4.69) is 6.92 Å².